The molecule has 0 saturated carbocycles. The number of nitrogens with one attached hydrogen (secondary N) is 1. The van der Waals surface area contributed by atoms with E-state index in [-0.39, 0.29) is 11.9 Å². The highest BCUT2D eigenvalue weighted by Crippen LogP contribution is 2.18. The van der Waals surface area contributed by atoms with Crippen LogP contribution in [0.25, 0.3) is 0 Å². The first-order valence-corrected chi connectivity index (χ1v) is 6.92. The van der Waals surface area contributed by atoms with Crippen molar-refractivity contribution in [3.8, 4) is 0 Å². The van der Waals surface area contributed by atoms with Crippen LogP contribution in [-0.4, -0.2) is 13.1 Å². The molecule has 2 aromatic carbocycles. The topological polar surface area (TPSA) is 12.0 Å². The van der Waals surface area contributed by atoms with Gasteiger partial charge in [0.25, 0.3) is 0 Å². The van der Waals surface area contributed by atoms with E-state index in [2.05, 4.69) is 5.32 Å². The Labute approximate surface area is 126 Å². The van der Waals surface area contributed by atoms with E-state index in [0.717, 1.165) is 6.07 Å². The van der Waals surface area contributed by atoms with Gasteiger partial charge in [-0.2, -0.15) is 0 Å². The maximum absolute atomic E-state index is 13.7. The number of rotatable bonds is 5. The van der Waals surface area contributed by atoms with E-state index in [0.29, 0.717) is 29.0 Å². The predicted molar refractivity (Wildman–Crippen MR) is 78.0 cm³/mol. The predicted octanol–water partition coefficient (Wildman–Crippen LogP) is 4.13. The zero-order valence-corrected chi connectivity index (χ0v) is 12.2. The van der Waals surface area contributed by atoms with Gasteiger partial charge >= 0.3 is 0 Å². The second-order valence-corrected chi connectivity index (χ2v) is 5.30. The van der Waals surface area contributed by atoms with Gasteiger partial charge in [-0.3, -0.25) is 0 Å². The molecule has 0 heterocycles. The summed E-state index contributed by atoms with van der Waals surface area (Å²) < 4.78 is 40.3. The number of hydrogen-bond acceptors (Lipinski definition) is 1. The summed E-state index contributed by atoms with van der Waals surface area (Å²) in [4.78, 5) is 0. The Morgan fingerprint density at radius 3 is 2.33 bits per heavy atom. The highest BCUT2D eigenvalue weighted by atomic mass is 35.5. The molecule has 0 radical (unpaired) electrons. The summed E-state index contributed by atoms with van der Waals surface area (Å²) in [5.74, 6) is -1.56. The van der Waals surface area contributed by atoms with Crippen LogP contribution in [0.5, 0.6) is 0 Å². The summed E-state index contributed by atoms with van der Waals surface area (Å²) in [5, 5.41) is 3.47. The molecular formula is C16H15ClF3N. The second kappa shape index (κ2) is 6.96. The van der Waals surface area contributed by atoms with E-state index < -0.39 is 11.6 Å². The fourth-order valence-corrected chi connectivity index (χ4v) is 2.39. The van der Waals surface area contributed by atoms with Crippen LogP contribution in [0.3, 0.4) is 0 Å². The zero-order valence-electron chi connectivity index (χ0n) is 11.5. The van der Waals surface area contributed by atoms with E-state index in [4.69, 9.17) is 11.6 Å². The third kappa shape index (κ3) is 4.22. The van der Waals surface area contributed by atoms with Crippen LogP contribution in [0.1, 0.15) is 11.1 Å². The normalized spacial score (nSPS) is 12.4. The Morgan fingerprint density at radius 2 is 1.67 bits per heavy atom. The zero-order chi connectivity index (χ0) is 15.4. The number of hydrogen-bond donors (Lipinski definition) is 1. The third-order valence-electron chi connectivity index (χ3n) is 3.36. The van der Waals surface area contributed by atoms with Crippen LogP contribution in [0.4, 0.5) is 13.2 Å². The van der Waals surface area contributed by atoms with Gasteiger partial charge < -0.3 is 5.32 Å². The molecule has 0 aliphatic carbocycles. The standard InChI is InChI=1S/C16H15ClF3N/c1-21-14(7-10-2-4-13(18)9-16(10)20)8-11-6-12(17)3-5-15(11)19/h2-6,9,14,21H,7-8H2,1H3. The maximum atomic E-state index is 13.7. The molecule has 1 N–H and O–H groups in total. The molecule has 2 rings (SSSR count). The summed E-state index contributed by atoms with van der Waals surface area (Å²) in [6.07, 6.45) is 0.689. The van der Waals surface area contributed by atoms with Crippen LogP contribution in [0.15, 0.2) is 36.4 Å². The average Bonchev–Trinajstić information content (AvgIpc) is 2.44. The molecule has 0 aliphatic rings. The first-order chi connectivity index (χ1) is 9.99. The third-order valence-corrected chi connectivity index (χ3v) is 3.60. The lowest BCUT2D eigenvalue weighted by molar-refractivity contribution is 0.512. The highest BCUT2D eigenvalue weighted by molar-refractivity contribution is 6.30. The lowest BCUT2D eigenvalue weighted by atomic mass is 9.98. The minimum Gasteiger partial charge on any atom is -0.316 e. The van der Waals surface area contributed by atoms with Gasteiger partial charge in [0.2, 0.25) is 0 Å². The van der Waals surface area contributed by atoms with Crippen molar-refractivity contribution >= 4 is 11.6 Å². The number of halogens is 4. The molecule has 1 atom stereocenters. The van der Waals surface area contributed by atoms with Crippen LogP contribution >= 0.6 is 11.6 Å². The molecule has 1 unspecified atom stereocenters. The van der Waals surface area contributed by atoms with Crippen LogP contribution < -0.4 is 5.32 Å². The van der Waals surface area contributed by atoms with Gasteiger partial charge in [0.1, 0.15) is 17.5 Å². The molecule has 0 fully saturated rings. The van der Waals surface area contributed by atoms with Crippen molar-refractivity contribution in [2.45, 2.75) is 18.9 Å². The van der Waals surface area contributed by atoms with E-state index >= 15 is 0 Å². The van der Waals surface area contributed by atoms with Crippen molar-refractivity contribution in [1.29, 1.82) is 0 Å². The van der Waals surface area contributed by atoms with Gasteiger partial charge in [-0.05, 0) is 55.3 Å². The second-order valence-electron chi connectivity index (χ2n) is 4.87. The summed E-state index contributed by atoms with van der Waals surface area (Å²) in [7, 11) is 1.72. The van der Waals surface area contributed by atoms with E-state index in [1.807, 2.05) is 0 Å². The largest absolute Gasteiger partial charge is 0.316 e. The van der Waals surface area contributed by atoms with Gasteiger partial charge in [-0.25, -0.2) is 13.2 Å². The van der Waals surface area contributed by atoms with E-state index in [1.54, 1.807) is 13.1 Å². The first-order valence-electron chi connectivity index (χ1n) is 6.54. The molecule has 0 bridgehead atoms. The highest BCUT2D eigenvalue weighted by Gasteiger charge is 2.14. The van der Waals surface area contributed by atoms with Crippen LogP contribution in [-0.2, 0) is 12.8 Å². The molecule has 1 nitrogen and oxygen atoms in total. The smallest absolute Gasteiger partial charge is 0.129 e. The number of likely N-dealkylation sites (N-methyl/N-ethyl adjacent to an activating group) is 1. The van der Waals surface area contributed by atoms with Crippen molar-refractivity contribution in [2.75, 3.05) is 7.05 Å². The lowest BCUT2D eigenvalue weighted by Gasteiger charge is -2.17. The maximum Gasteiger partial charge on any atom is 0.129 e. The van der Waals surface area contributed by atoms with Gasteiger partial charge in [-0.15, -0.1) is 0 Å². The van der Waals surface area contributed by atoms with Crippen LogP contribution in [0, 0.1) is 17.5 Å². The van der Waals surface area contributed by atoms with Crippen molar-refractivity contribution < 1.29 is 13.2 Å². The Morgan fingerprint density at radius 1 is 0.952 bits per heavy atom. The van der Waals surface area contributed by atoms with Gasteiger partial charge in [0, 0.05) is 17.1 Å². The fourth-order valence-electron chi connectivity index (χ4n) is 2.19. The minimum atomic E-state index is -0.613. The quantitative estimate of drug-likeness (QED) is 0.875. The van der Waals surface area contributed by atoms with Gasteiger partial charge in [-0.1, -0.05) is 17.7 Å². The molecule has 0 amide bonds. The summed E-state index contributed by atoms with van der Waals surface area (Å²) in [5.41, 5.74) is 0.850. The molecule has 0 spiro atoms. The molecule has 21 heavy (non-hydrogen) atoms. The molecule has 0 saturated heterocycles. The summed E-state index contributed by atoms with van der Waals surface area (Å²) >= 11 is 5.86. The van der Waals surface area contributed by atoms with E-state index in [9.17, 15) is 13.2 Å². The molecule has 0 aliphatic heterocycles. The Balaban J connectivity index is 2.14. The minimum absolute atomic E-state index is 0.182. The lowest BCUT2D eigenvalue weighted by Crippen LogP contribution is -2.30. The Hall–Kier alpha value is -1.52. The van der Waals surface area contributed by atoms with E-state index in [1.165, 1.54) is 24.3 Å². The molecule has 0 aromatic heterocycles. The monoisotopic (exact) mass is 313 g/mol. The average molecular weight is 314 g/mol. The summed E-state index contributed by atoms with van der Waals surface area (Å²) in [6, 6.07) is 7.63. The van der Waals surface area contributed by atoms with Crippen LogP contribution in [0.2, 0.25) is 5.02 Å². The SMILES string of the molecule is CNC(Cc1ccc(F)cc1F)Cc1cc(Cl)ccc1F. The van der Waals surface area contributed by atoms with Crippen molar-refractivity contribution in [1.82, 2.24) is 5.32 Å². The fraction of sp³-hybridized carbons (Fsp3) is 0.250. The Bertz CT molecular complexity index is 631. The molecule has 5 heteroatoms. The first kappa shape index (κ1) is 15.9. The molecule has 2 aromatic rings. The van der Waals surface area contributed by atoms with Gasteiger partial charge in [0.15, 0.2) is 0 Å². The van der Waals surface area contributed by atoms with Gasteiger partial charge in [0.05, 0.1) is 0 Å². The number of benzene rings is 2. The van der Waals surface area contributed by atoms with Crippen molar-refractivity contribution in [3.05, 3.63) is 70.0 Å². The van der Waals surface area contributed by atoms with Crippen molar-refractivity contribution in [2.24, 2.45) is 0 Å². The van der Waals surface area contributed by atoms with Crippen molar-refractivity contribution in [3.63, 3.8) is 0 Å². The molecular weight excluding hydrogens is 299 g/mol. The summed E-state index contributed by atoms with van der Waals surface area (Å²) in [6.45, 7) is 0. The molecule has 112 valence electrons. The Kier molecular flexibility index (Phi) is 5.26.